The standard InChI is InChI=1S/C9H14ClN3OS/c1-15(14)6-2-5-12-9-7(11)3-4-8(10)13-9/h3-4H,2,5-6,11H2,1H3,(H,12,13). The molecule has 0 bridgehead atoms. The number of anilines is 2. The van der Waals surface area contributed by atoms with Gasteiger partial charge in [0.25, 0.3) is 0 Å². The number of nitrogen functional groups attached to an aromatic ring is 1. The van der Waals surface area contributed by atoms with E-state index in [0.29, 0.717) is 29.0 Å². The van der Waals surface area contributed by atoms with E-state index in [-0.39, 0.29) is 0 Å². The molecule has 1 heterocycles. The molecule has 3 N–H and O–H groups in total. The Labute approximate surface area is 96.7 Å². The summed E-state index contributed by atoms with van der Waals surface area (Å²) in [5, 5.41) is 3.46. The number of hydrogen-bond acceptors (Lipinski definition) is 4. The third-order valence-electron chi connectivity index (χ3n) is 1.79. The summed E-state index contributed by atoms with van der Waals surface area (Å²) < 4.78 is 10.8. The van der Waals surface area contributed by atoms with Crippen LogP contribution >= 0.6 is 11.6 Å². The highest BCUT2D eigenvalue weighted by Gasteiger charge is 2.01. The zero-order valence-corrected chi connectivity index (χ0v) is 10.1. The van der Waals surface area contributed by atoms with Crippen LogP contribution in [0.25, 0.3) is 0 Å². The Hall–Kier alpha value is -0.810. The van der Waals surface area contributed by atoms with Crippen molar-refractivity contribution < 1.29 is 4.21 Å². The predicted molar refractivity (Wildman–Crippen MR) is 65.7 cm³/mol. The van der Waals surface area contributed by atoms with Crippen molar-refractivity contribution in [3.05, 3.63) is 17.3 Å². The van der Waals surface area contributed by atoms with Crippen molar-refractivity contribution in [2.75, 3.05) is 29.6 Å². The summed E-state index contributed by atoms with van der Waals surface area (Å²) in [4.78, 5) is 4.04. The van der Waals surface area contributed by atoms with Crippen molar-refractivity contribution in [3.8, 4) is 0 Å². The molecule has 0 spiro atoms. The molecule has 0 fully saturated rings. The van der Waals surface area contributed by atoms with Crippen LogP contribution in [-0.4, -0.2) is 27.7 Å². The smallest absolute Gasteiger partial charge is 0.150 e. The first-order valence-corrected chi connectivity index (χ1v) is 6.66. The van der Waals surface area contributed by atoms with Crippen LogP contribution < -0.4 is 11.1 Å². The van der Waals surface area contributed by atoms with Gasteiger partial charge in [-0.05, 0) is 18.6 Å². The van der Waals surface area contributed by atoms with Gasteiger partial charge in [0.15, 0.2) is 5.82 Å². The summed E-state index contributed by atoms with van der Waals surface area (Å²) in [6, 6.07) is 3.35. The quantitative estimate of drug-likeness (QED) is 0.611. The number of halogens is 1. The van der Waals surface area contributed by atoms with Crippen LogP contribution in [0.2, 0.25) is 5.15 Å². The van der Waals surface area contributed by atoms with E-state index < -0.39 is 10.8 Å². The number of aromatic nitrogens is 1. The molecule has 1 atom stereocenters. The van der Waals surface area contributed by atoms with Crippen molar-refractivity contribution in [2.45, 2.75) is 6.42 Å². The SMILES string of the molecule is CS(=O)CCCNc1nc(Cl)ccc1N. The Bertz CT molecular complexity index is 359. The summed E-state index contributed by atoms with van der Waals surface area (Å²) >= 11 is 5.72. The topological polar surface area (TPSA) is 68.0 Å². The molecule has 0 saturated heterocycles. The average molecular weight is 248 g/mol. The lowest BCUT2D eigenvalue weighted by Gasteiger charge is -2.07. The number of nitrogens with zero attached hydrogens (tertiary/aromatic N) is 1. The van der Waals surface area contributed by atoms with E-state index in [9.17, 15) is 4.21 Å². The van der Waals surface area contributed by atoms with Crippen LogP contribution in [-0.2, 0) is 10.8 Å². The van der Waals surface area contributed by atoms with E-state index in [0.717, 1.165) is 6.42 Å². The van der Waals surface area contributed by atoms with Gasteiger partial charge in [-0.3, -0.25) is 4.21 Å². The molecule has 0 aliphatic heterocycles. The van der Waals surface area contributed by atoms with E-state index in [2.05, 4.69) is 10.3 Å². The van der Waals surface area contributed by atoms with Crippen LogP contribution in [0.15, 0.2) is 12.1 Å². The van der Waals surface area contributed by atoms with Crippen molar-refractivity contribution in [1.82, 2.24) is 4.98 Å². The Kier molecular flexibility index (Phi) is 4.84. The number of nitrogens with one attached hydrogen (secondary N) is 1. The minimum absolute atomic E-state index is 0.408. The molecule has 0 aliphatic rings. The molecule has 0 saturated carbocycles. The fourth-order valence-electron chi connectivity index (χ4n) is 1.07. The maximum Gasteiger partial charge on any atom is 0.150 e. The molecule has 4 nitrogen and oxygen atoms in total. The third kappa shape index (κ3) is 4.48. The maximum absolute atomic E-state index is 10.8. The van der Waals surface area contributed by atoms with Crippen molar-refractivity contribution in [1.29, 1.82) is 0 Å². The lowest BCUT2D eigenvalue weighted by atomic mass is 10.4. The van der Waals surface area contributed by atoms with E-state index in [1.165, 1.54) is 0 Å². The van der Waals surface area contributed by atoms with Gasteiger partial charge in [0.2, 0.25) is 0 Å². The second-order valence-electron chi connectivity index (χ2n) is 3.13. The van der Waals surface area contributed by atoms with Crippen LogP contribution in [0.4, 0.5) is 11.5 Å². The second-order valence-corrected chi connectivity index (χ2v) is 5.07. The normalized spacial score (nSPS) is 12.4. The molecule has 84 valence electrons. The molecule has 6 heteroatoms. The molecule has 0 aromatic carbocycles. The summed E-state index contributed by atoms with van der Waals surface area (Å²) in [5.74, 6) is 1.26. The maximum atomic E-state index is 10.8. The van der Waals surface area contributed by atoms with Crippen molar-refractivity contribution in [2.24, 2.45) is 0 Å². The summed E-state index contributed by atoms with van der Waals surface area (Å²) in [6.07, 6.45) is 2.50. The van der Waals surface area contributed by atoms with Gasteiger partial charge < -0.3 is 11.1 Å². The minimum Gasteiger partial charge on any atom is -0.396 e. The molecule has 1 unspecified atom stereocenters. The number of hydrogen-bond donors (Lipinski definition) is 2. The fraction of sp³-hybridized carbons (Fsp3) is 0.444. The largest absolute Gasteiger partial charge is 0.396 e. The van der Waals surface area contributed by atoms with Crippen molar-refractivity contribution in [3.63, 3.8) is 0 Å². The molecule has 1 rings (SSSR count). The van der Waals surface area contributed by atoms with Crippen molar-refractivity contribution >= 4 is 33.9 Å². The lowest BCUT2D eigenvalue weighted by molar-refractivity contribution is 0.685. The van der Waals surface area contributed by atoms with Crippen LogP contribution in [0.1, 0.15) is 6.42 Å². The Morgan fingerprint density at radius 3 is 3.00 bits per heavy atom. The van der Waals surface area contributed by atoms with Gasteiger partial charge in [-0.2, -0.15) is 0 Å². The molecule has 0 radical (unpaired) electrons. The van der Waals surface area contributed by atoms with Gasteiger partial charge in [0.1, 0.15) is 5.15 Å². The predicted octanol–water partition coefficient (Wildman–Crippen LogP) is 1.50. The van der Waals surface area contributed by atoms with E-state index in [1.54, 1.807) is 18.4 Å². The summed E-state index contributed by atoms with van der Waals surface area (Å²) in [5.41, 5.74) is 6.25. The Balaban J connectivity index is 2.43. The summed E-state index contributed by atoms with van der Waals surface area (Å²) in [7, 11) is -0.751. The average Bonchev–Trinajstić information content (AvgIpc) is 2.17. The first-order chi connectivity index (χ1) is 7.09. The Morgan fingerprint density at radius 2 is 2.33 bits per heavy atom. The molecular weight excluding hydrogens is 234 g/mol. The fourth-order valence-corrected chi connectivity index (χ4v) is 1.77. The molecule has 0 amide bonds. The highest BCUT2D eigenvalue weighted by atomic mass is 35.5. The molecule has 0 aliphatic carbocycles. The van der Waals surface area contributed by atoms with Gasteiger partial charge in [0.05, 0.1) is 5.69 Å². The zero-order chi connectivity index (χ0) is 11.3. The Morgan fingerprint density at radius 1 is 1.60 bits per heavy atom. The second kappa shape index (κ2) is 5.92. The van der Waals surface area contributed by atoms with Gasteiger partial charge in [-0.15, -0.1) is 0 Å². The molecule has 15 heavy (non-hydrogen) atoms. The first-order valence-electron chi connectivity index (χ1n) is 4.55. The number of rotatable bonds is 5. The van der Waals surface area contributed by atoms with Gasteiger partial charge in [0, 0.05) is 29.4 Å². The van der Waals surface area contributed by atoms with E-state index in [4.69, 9.17) is 17.3 Å². The summed E-state index contributed by atoms with van der Waals surface area (Å²) in [6.45, 7) is 0.692. The molecular formula is C9H14ClN3OS. The van der Waals surface area contributed by atoms with Crippen LogP contribution in [0.3, 0.4) is 0 Å². The van der Waals surface area contributed by atoms with Crippen LogP contribution in [0, 0.1) is 0 Å². The number of pyridine rings is 1. The van der Waals surface area contributed by atoms with Gasteiger partial charge >= 0.3 is 0 Å². The van der Waals surface area contributed by atoms with E-state index in [1.807, 2.05) is 0 Å². The third-order valence-corrected chi connectivity index (χ3v) is 2.87. The molecule has 1 aromatic rings. The number of nitrogens with two attached hydrogens (primary N) is 1. The van der Waals surface area contributed by atoms with Gasteiger partial charge in [-0.25, -0.2) is 4.98 Å². The zero-order valence-electron chi connectivity index (χ0n) is 8.50. The first kappa shape index (κ1) is 12.3. The molecule has 1 aromatic heterocycles. The monoisotopic (exact) mass is 247 g/mol. The van der Waals surface area contributed by atoms with Gasteiger partial charge in [-0.1, -0.05) is 11.6 Å². The minimum atomic E-state index is -0.751. The lowest BCUT2D eigenvalue weighted by Crippen LogP contribution is -2.09. The van der Waals surface area contributed by atoms with Crippen LogP contribution in [0.5, 0.6) is 0 Å². The highest BCUT2D eigenvalue weighted by Crippen LogP contribution is 2.17. The highest BCUT2D eigenvalue weighted by molar-refractivity contribution is 7.84. The van der Waals surface area contributed by atoms with E-state index >= 15 is 0 Å².